The van der Waals surface area contributed by atoms with Crippen molar-refractivity contribution in [2.45, 2.75) is 25.3 Å². The second-order valence-electron chi connectivity index (χ2n) is 6.90. The molecule has 0 atom stereocenters. The van der Waals surface area contributed by atoms with E-state index in [9.17, 15) is 4.79 Å². The van der Waals surface area contributed by atoms with E-state index in [1.807, 2.05) is 24.3 Å². The fourth-order valence-corrected chi connectivity index (χ4v) is 3.69. The van der Waals surface area contributed by atoms with Crippen LogP contribution >= 0.6 is 36.4 Å². The van der Waals surface area contributed by atoms with Gasteiger partial charge in [-0.2, -0.15) is 0 Å². The number of benzene rings is 2. The Bertz CT molecular complexity index is 746. The normalized spacial score (nSPS) is 14.8. The maximum Gasteiger partial charge on any atom is 0.168 e. The molecule has 0 amide bonds. The van der Waals surface area contributed by atoms with Gasteiger partial charge in [0.2, 0.25) is 0 Å². The lowest BCUT2D eigenvalue weighted by Crippen LogP contribution is -2.42. The Hall–Kier alpha value is -1.26. The Morgan fingerprint density at radius 1 is 1.11 bits per heavy atom. The van der Waals surface area contributed by atoms with Crippen LogP contribution in [-0.4, -0.2) is 43.9 Å². The lowest BCUT2D eigenvalue weighted by molar-refractivity contribution is 0.0993. The van der Waals surface area contributed by atoms with Gasteiger partial charge in [0.25, 0.3) is 0 Å². The third-order valence-electron chi connectivity index (χ3n) is 5.09. The SMILES string of the molecule is CN1CCC(N(C)c2cccc(CC(=O)c3ccccc3Cl)c2)CC1.Cl.Cl. The Balaban J connectivity index is 0.00000182. The molecule has 1 heterocycles. The van der Waals surface area contributed by atoms with Crippen LogP contribution in [-0.2, 0) is 6.42 Å². The average Bonchev–Trinajstić information content (AvgIpc) is 2.62. The van der Waals surface area contributed by atoms with Crippen LogP contribution in [0.25, 0.3) is 0 Å². The fourth-order valence-electron chi connectivity index (χ4n) is 3.45. The smallest absolute Gasteiger partial charge is 0.168 e. The third kappa shape index (κ3) is 6.11. The monoisotopic (exact) mass is 428 g/mol. The molecular formula is C21H27Cl3N2O. The number of rotatable bonds is 5. The summed E-state index contributed by atoms with van der Waals surface area (Å²) in [5, 5.41) is 0.520. The molecule has 2 aromatic rings. The molecule has 148 valence electrons. The van der Waals surface area contributed by atoms with Crippen molar-refractivity contribution in [2.75, 3.05) is 32.1 Å². The summed E-state index contributed by atoms with van der Waals surface area (Å²) in [5.74, 6) is 0.0599. The van der Waals surface area contributed by atoms with E-state index in [1.165, 1.54) is 18.5 Å². The van der Waals surface area contributed by atoms with Crippen LogP contribution in [0.3, 0.4) is 0 Å². The summed E-state index contributed by atoms with van der Waals surface area (Å²) in [4.78, 5) is 17.3. The highest BCUT2D eigenvalue weighted by molar-refractivity contribution is 6.34. The first-order valence-electron chi connectivity index (χ1n) is 8.82. The highest BCUT2D eigenvalue weighted by Crippen LogP contribution is 2.24. The first kappa shape index (κ1) is 23.8. The average molecular weight is 430 g/mol. The van der Waals surface area contributed by atoms with Crippen LogP contribution in [0.4, 0.5) is 5.69 Å². The Labute approximate surface area is 179 Å². The number of Topliss-reactive ketones (excluding diaryl/α,β-unsaturated/α-hetero) is 1. The highest BCUT2D eigenvalue weighted by atomic mass is 35.5. The molecule has 3 rings (SSSR count). The summed E-state index contributed by atoms with van der Waals surface area (Å²) >= 11 is 6.15. The van der Waals surface area contributed by atoms with Gasteiger partial charge in [-0.1, -0.05) is 35.9 Å². The van der Waals surface area contributed by atoms with Crippen molar-refractivity contribution in [3.8, 4) is 0 Å². The zero-order valence-corrected chi connectivity index (χ0v) is 18.1. The molecule has 0 aromatic heterocycles. The van der Waals surface area contributed by atoms with Crippen molar-refractivity contribution in [3.63, 3.8) is 0 Å². The number of anilines is 1. The van der Waals surface area contributed by atoms with E-state index in [0.29, 0.717) is 23.0 Å². The molecular weight excluding hydrogens is 403 g/mol. The molecule has 0 N–H and O–H groups in total. The van der Waals surface area contributed by atoms with Gasteiger partial charge in [0, 0.05) is 30.8 Å². The number of hydrogen-bond donors (Lipinski definition) is 0. The molecule has 2 aromatic carbocycles. The molecule has 1 aliphatic heterocycles. The fraction of sp³-hybridized carbons (Fsp3) is 0.381. The van der Waals surface area contributed by atoms with Crippen molar-refractivity contribution in [1.82, 2.24) is 4.90 Å². The van der Waals surface area contributed by atoms with Crippen molar-refractivity contribution in [3.05, 3.63) is 64.7 Å². The van der Waals surface area contributed by atoms with E-state index in [1.54, 1.807) is 12.1 Å². The second-order valence-corrected chi connectivity index (χ2v) is 7.30. The van der Waals surface area contributed by atoms with Crippen molar-refractivity contribution in [1.29, 1.82) is 0 Å². The molecule has 3 nitrogen and oxygen atoms in total. The van der Waals surface area contributed by atoms with Crippen LogP contribution < -0.4 is 4.90 Å². The van der Waals surface area contributed by atoms with E-state index < -0.39 is 0 Å². The van der Waals surface area contributed by atoms with Gasteiger partial charge in [-0.3, -0.25) is 4.79 Å². The van der Waals surface area contributed by atoms with E-state index in [-0.39, 0.29) is 30.6 Å². The van der Waals surface area contributed by atoms with Gasteiger partial charge < -0.3 is 9.80 Å². The van der Waals surface area contributed by atoms with Gasteiger partial charge in [-0.15, -0.1) is 24.8 Å². The van der Waals surface area contributed by atoms with Crippen molar-refractivity contribution < 1.29 is 4.79 Å². The van der Waals surface area contributed by atoms with E-state index in [0.717, 1.165) is 18.7 Å². The largest absolute Gasteiger partial charge is 0.372 e. The first-order chi connectivity index (χ1) is 12.0. The predicted molar refractivity (Wildman–Crippen MR) is 119 cm³/mol. The molecule has 1 aliphatic rings. The maximum absolute atomic E-state index is 12.6. The van der Waals surface area contributed by atoms with Gasteiger partial charge >= 0.3 is 0 Å². The number of hydrogen-bond acceptors (Lipinski definition) is 3. The summed E-state index contributed by atoms with van der Waals surface area (Å²) in [6.45, 7) is 2.28. The van der Waals surface area contributed by atoms with E-state index in [2.05, 4.69) is 36.0 Å². The number of ketones is 1. The highest BCUT2D eigenvalue weighted by Gasteiger charge is 2.21. The molecule has 0 unspecified atom stereocenters. The van der Waals surface area contributed by atoms with Gasteiger partial charge in [0.15, 0.2) is 5.78 Å². The molecule has 1 fully saturated rings. The summed E-state index contributed by atoms with van der Waals surface area (Å²) in [6.07, 6.45) is 2.73. The molecule has 6 heteroatoms. The minimum atomic E-state index is 0. The standard InChI is InChI=1S/C21H25ClN2O.2ClH/c1-23-12-10-17(11-13-23)24(2)18-7-5-6-16(14-18)15-21(25)19-8-3-4-9-20(19)22;;/h3-9,14,17H,10-13,15H2,1-2H3;2*1H. The van der Waals surface area contributed by atoms with Crippen LogP contribution in [0.5, 0.6) is 0 Å². The van der Waals surface area contributed by atoms with Gasteiger partial charge in [0.1, 0.15) is 0 Å². The maximum atomic E-state index is 12.6. The quantitative estimate of drug-likeness (QED) is 0.615. The topological polar surface area (TPSA) is 23.6 Å². The minimum Gasteiger partial charge on any atom is -0.372 e. The van der Waals surface area contributed by atoms with E-state index in [4.69, 9.17) is 11.6 Å². The number of likely N-dealkylation sites (tertiary alicyclic amines) is 1. The Kier molecular flexibility index (Phi) is 9.61. The lowest BCUT2D eigenvalue weighted by atomic mass is 10.0. The van der Waals surface area contributed by atoms with Crippen LogP contribution in [0.2, 0.25) is 5.02 Å². The third-order valence-corrected chi connectivity index (χ3v) is 5.42. The molecule has 0 bridgehead atoms. The van der Waals surface area contributed by atoms with Crippen LogP contribution in [0, 0.1) is 0 Å². The molecule has 0 spiro atoms. The number of carbonyl (C=O) groups excluding carboxylic acids is 1. The molecule has 27 heavy (non-hydrogen) atoms. The van der Waals surface area contributed by atoms with Crippen molar-refractivity contribution in [2.24, 2.45) is 0 Å². The van der Waals surface area contributed by atoms with Crippen molar-refractivity contribution >= 4 is 47.9 Å². The molecule has 1 saturated heterocycles. The summed E-state index contributed by atoms with van der Waals surface area (Å²) < 4.78 is 0. The number of nitrogens with zero attached hydrogens (tertiary/aromatic N) is 2. The van der Waals surface area contributed by atoms with Gasteiger partial charge in [0.05, 0.1) is 5.02 Å². The predicted octanol–water partition coefficient (Wildman–Crippen LogP) is 5.14. The molecule has 0 saturated carbocycles. The number of halogens is 3. The van der Waals surface area contributed by atoms with Crippen LogP contribution in [0.1, 0.15) is 28.8 Å². The summed E-state index contributed by atoms with van der Waals surface area (Å²) in [7, 11) is 4.34. The zero-order chi connectivity index (χ0) is 17.8. The number of carbonyl (C=O) groups is 1. The summed E-state index contributed by atoms with van der Waals surface area (Å²) in [5.41, 5.74) is 2.81. The first-order valence-corrected chi connectivity index (χ1v) is 9.20. The second kappa shape index (κ2) is 10.9. The summed E-state index contributed by atoms with van der Waals surface area (Å²) in [6, 6.07) is 16.1. The minimum absolute atomic E-state index is 0. The lowest BCUT2D eigenvalue weighted by Gasteiger charge is -2.36. The number of piperidine rings is 1. The van der Waals surface area contributed by atoms with Gasteiger partial charge in [-0.05, 0) is 62.8 Å². The Morgan fingerprint density at radius 2 is 1.78 bits per heavy atom. The zero-order valence-electron chi connectivity index (χ0n) is 15.7. The molecule has 0 radical (unpaired) electrons. The Morgan fingerprint density at radius 3 is 2.44 bits per heavy atom. The molecule has 0 aliphatic carbocycles. The van der Waals surface area contributed by atoms with Gasteiger partial charge in [-0.25, -0.2) is 0 Å². The van der Waals surface area contributed by atoms with Crippen LogP contribution in [0.15, 0.2) is 48.5 Å². The van der Waals surface area contributed by atoms with E-state index >= 15 is 0 Å².